The Balaban J connectivity index is 3.43. The first-order valence-electron chi connectivity index (χ1n) is 6.05. The molecule has 7 nitrogen and oxygen atoms in total. The van der Waals surface area contributed by atoms with E-state index in [0.29, 0.717) is 0 Å². The summed E-state index contributed by atoms with van der Waals surface area (Å²) in [4.78, 5) is 9.95. The van der Waals surface area contributed by atoms with Gasteiger partial charge in [0.1, 0.15) is 0 Å². The molecule has 21 heavy (non-hydrogen) atoms. The van der Waals surface area contributed by atoms with Gasteiger partial charge in [-0.3, -0.25) is 10.1 Å². The first-order chi connectivity index (χ1) is 9.64. The molecule has 9 heteroatoms. The maximum Gasteiger partial charge on any atom is 0.269 e. The lowest BCUT2D eigenvalue weighted by Gasteiger charge is -2.07. The monoisotopic (exact) mass is 333 g/mol. The molecule has 0 N–H and O–H groups in total. The summed E-state index contributed by atoms with van der Waals surface area (Å²) < 4.78 is 47.1. The van der Waals surface area contributed by atoms with Crippen molar-refractivity contribution in [3.63, 3.8) is 0 Å². The normalized spacial score (nSPS) is 11.9. The molecular formula is C12H15NO6S2. The smallest absolute Gasteiger partial charge is 0.258 e. The van der Waals surface area contributed by atoms with E-state index in [2.05, 4.69) is 0 Å². The van der Waals surface area contributed by atoms with Gasteiger partial charge in [0.05, 0.1) is 16.4 Å². The fourth-order valence-corrected chi connectivity index (χ4v) is 4.94. The Morgan fingerprint density at radius 1 is 1.05 bits per heavy atom. The molecule has 0 heterocycles. The highest BCUT2D eigenvalue weighted by atomic mass is 32.3. The van der Waals surface area contributed by atoms with Crippen molar-refractivity contribution in [2.45, 2.75) is 13.8 Å². The van der Waals surface area contributed by atoms with Crippen LogP contribution >= 0.6 is 0 Å². The Kier molecular flexibility index (Phi) is 5.24. The van der Waals surface area contributed by atoms with E-state index in [1.165, 1.54) is 38.1 Å². The van der Waals surface area contributed by atoms with Crippen molar-refractivity contribution in [3.05, 3.63) is 44.2 Å². The van der Waals surface area contributed by atoms with Crippen LogP contribution in [-0.4, -0.2) is 33.3 Å². The van der Waals surface area contributed by atoms with Crippen molar-refractivity contribution in [2.75, 3.05) is 11.5 Å². The van der Waals surface area contributed by atoms with E-state index in [1.54, 1.807) is 0 Å². The summed E-state index contributed by atoms with van der Waals surface area (Å²) in [6, 6.07) is 4.96. The van der Waals surface area contributed by atoms with Gasteiger partial charge in [-0.25, -0.2) is 16.8 Å². The first-order valence-corrected chi connectivity index (χ1v) is 9.36. The number of benzene rings is 1. The predicted octanol–water partition coefficient (Wildman–Crippen LogP) is 1.76. The lowest BCUT2D eigenvalue weighted by Crippen LogP contribution is -2.17. The van der Waals surface area contributed by atoms with Crippen LogP contribution in [0.5, 0.6) is 0 Å². The van der Waals surface area contributed by atoms with E-state index in [1.807, 2.05) is 0 Å². The second-order valence-electron chi connectivity index (χ2n) is 4.12. The van der Waals surface area contributed by atoms with E-state index in [-0.39, 0.29) is 22.8 Å². The minimum absolute atomic E-state index is 0.162. The van der Waals surface area contributed by atoms with Crippen molar-refractivity contribution in [2.24, 2.45) is 0 Å². The molecule has 0 unspecified atom stereocenters. The molecule has 1 rings (SSSR count). The lowest BCUT2D eigenvalue weighted by molar-refractivity contribution is -0.384. The van der Waals surface area contributed by atoms with Crippen LogP contribution in [0.4, 0.5) is 5.69 Å². The van der Waals surface area contributed by atoms with Crippen molar-refractivity contribution in [1.29, 1.82) is 0 Å². The summed E-state index contributed by atoms with van der Waals surface area (Å²) in [5, 5.41) is 10.5. The summed E-state index contributed by atoms with van der Waals surface area (Å²) in [5.41, 5.74) is 0.107. The molecule has 0 spiro atoms. The SMILES string of the molecule is CCS(=O)(=O)C(=Cc1ccc([N+](=O)[O-])cc1)S(=O)(=O)CC. The topological polar surface area (TPSA) is 111 Å². The molecule has 0 atom stereocenters. The average Bonchev–Trinajstić information content (AvgIpc) is 2.44. The molecule has 0 saturated carbocycles. The highest BCUT2D eigenvalue weighted by Crippen LogP contribution is 2.22. The van der Waals surface area contributed by atoms with E-state index in [9.17, 15) is 26.9 Å². The van der Waals surface area contributed by atoms with Gasteiger partial charge in [0.25, 0.3) is 5.69 Å². The number of nitro groups is 1. The van der Waals surface area contributed by atoms with Gasteiger partial charge < -0.3 is 0 Å². The third-order valence-corrected chi connectivity index (χ3v) is 7.27. The van der Waals surface area contributed by atoms with Gasteiger partial charge in [0.15, 0.2) is 23.9 Å². The first kappa shape index (κ1) is 17.3. The molecule has 1 aromatic carbocycles. The summed E-state index contributed by atoms with van der Waals surface area (Å²) in [6.07, 6.45) is 1.03. The van der Waals surface area contributed by atoms with Gasteiger partial charge in [-0.15, -0.1) is 0 Å². The minimum Gasteiger partial charge on any atom is -0.258 e. The fraction of sp³-hybridized carbons (Fsp3) is 0.333. The van der Waals surface area contributed by atoms with Crippen LogP contribution in [0.25, 0.3) is 6.08 Å². The standard InChI is InChI=1S/C12H15NO6S2/c1-3-20(16,17)12(21(18,19)4-2)9-10-5-7-11(8-6-10)13(14)15/h5-9H,3-4H2,1-2H3. The van der Waals surface area contributed by atoms with E-state index >= 15 is 0 Å². The summed E-state index contributed by atoms with van der Waals surface area (Å²) >= 11 is 0. The van der Waals surface area contributed by atoms with Crippen molar-refractivity contribution >= 4 is 31.4 Å². The molecule has 0 radical (unpaired) electrons. The second kappa shape index (κ2) is 6.35. The summed E-state index contributed by atoms with van der Waals surface area (Å²) in [6.45, 7) is 2.70. The number of nitrogens with zero attached hydrogens (tertiary/aromatic N) is 1. The van der Waals surface area contributed by atoms with Gasteiger partial charge in [0, 0.05) is 12.1 Å². The third kappa shape index (κ3) is 4.11. The quantitative estimate of drug-likeness (QED) is 0.579. The van der Waals surface area contributed by atoms with Gasteiger partial charge in [0.2, 0.25) is 0 Å². The molecule has 0 saturated heterocycles. The van der Waals surface area contributed by atoms with Crippen LogP contribution in [0.2, 0.25) is 0 Å². The Morgan fingerprint density at radius 3 is 1.81 bits per heavy atom. The number of rotatable bonds is 6. The molecule has 0 fully saturated rings. The molecule has 1 aromatic rings. The highest BCUT2D eigenvalue weighted by Gasteiger charge is 2.27. The number of sulfone groups is 2. The zero-order valence-electron chi connectivity index (χ0n) is 11.5. The minimum atomic E-state index is -3.92. The second-order valence-corrected chi connectivity index (χ2v) is 8.87. The predicted molar refractivity (Wildman–Crippen MR) is 80.0 cm³/mol. The summed E-state index contributed by atoms with van der Waals surface area (Å²) in [5.74, 6) is -0.684. The third-order valence-electron chi connectivity index (χ3n) is 2.76. The van der Waals surface area contributed by atoms with Gasteiger partial charge >= 0.3 is 0 Å². The van der Waals surface area contributed by atoms with Gasteiger partial charge in [-0.2, -0.15) is 0 Å². The van der Waals surface area contributed by atoms with Crippen molar-refractivity contribution in [1.82, 2.24) is 0 Å². The van der Waals surface area contributed by atoms with Crippen LogP contribution in [0.3, 0.4) is 0 Å². The number of hydrogen-bond acceptors (Lipinski definition) is 6. The average molecular weight is 333 g/mol. The molecule has 0 aromatic heterocycles. The zero-order chi connectivity index (χ0) is 16.3. The van der Waals surface area contributed by atoms with Crippen LogP contribution < -0.4 is 0 Å². The van der Waals surface area contributed by atoms with E-state index < -0.39 is 28.8 Å². The Morgan fingerprint density at radius 2 is 1.48 bits per heavy atom. The van der Waals surface area contributed by atoms with E-state index in [4.69, 9.17) is 0 Å². The largest absolute Gasteiger partial charge is 0.269 e. The maximum atomic E-state index is 11.9. The molecule has 0 bridgehead atoms. The molecule has 0 aliphatic carbocycles. The number of nitro benzene ring substituents is 1. The molecule has 0 amide bonds. The molecule has 0 aliphatic heterocycles. The Hall–Kier alpha value is -1.74. The maximum absolute atomic E-state index is 11.9. The van der Waals surface area contributed by atoms with Crippen molar-refractivity contribution < 1.29 is 21.8 Å². The summed E-state index contributed by atoms with van der Waals surface area (Å²) in [7, 11) is -7.83. The Labute approximate surface area is 123 Å². The Bertz CT molecular complexity index is 724. The fourth-order valence-electron chi connectivity index (χ4n) is 1.49. The van der Waals surface area contributed by atoms with Gasteiger partial charge in [-0.05, 0) is 23.8 Å². The molecule has 0 aliphatic rings. The zero-order valence-corrected chi connectivity index (χ0v) is 13.1. The highest BCUT2D eigenvalue weighted by molar-refractivity contribution is 8.14. The van der Waals surface area contributed by atoms with Gasteiger partial charge in [-0.1, -0.05) is 13.8 Å². The lowest BCUT2D eigenvalue weighted by atomic mass is 10.2. The van der Waals surface area contributed by atoms with Crippen LogP contribution in [0.1, 0.15) is 19.4 Å². The van der Waals surface area contributed by atoms with Crippen molar-refractivity contribution in [3.8, 4) is 0 Å². The number of non-ortho nitro benzene ring substituents is 1. The molecular weight excluding hydrogens is 318 g/mol. The van der Waals surface area contributed by atoms with Crippen LogP contribution in [-0.2, 0) is 19.7 Å². The molecule has 116 valence electrons. The van der Waals surface area contributed by atoms with Crippen LogP contribution in [0.15, 0.2) is 28.5 Å². The van der Waals surface area contributed by atoms with E-state index in [0.717, 1.165) is 6.08 Å². The van der Waals surface area contributed by atoms with Crippen LogP contribution in [0, 0.1) is 10.1 Å². The number of hydrogen-bond donors (Lipinski definition) is 0.